The highest BCUT2D eigenvalue weighted by Crippen LogP contribution is 2.26. The maximum Gasteiger partial charge on any atom is 0.254 e. The molecule has 2 aromatic carbocycles. The number of aryl methyl sites for hydroxylation is 2. The van der Waals surface area contributed by atoms with Gasteiger partial charge in [-0.15, -0.1) is 0 Å². The van der Waals surface area contributed by atoms with Gasteiger partial charge in [0.15, 0.2) is 0 Å². The Bertz CT molecular complexity index is 721. The number of piperazine rings is 1. The van der Waals surface area contributed by atoms with E-state index in [1.54, 1.807) is 0 Å². The zero-order chi connectivity index (χ0) is 16.4. The average Bonchev–Trinajstić information content (AvgIpc) is 2.57. The van der Waals surface area contributed by atoms with Crippen LogP contribution in [0.5, 0.6) is 0 Å². The lowest BCUT2D eigenvalue weighted by Crippen LogP contribution is -2.49. The third-order valence-electron chi connectivity index (χ3n) is 4.38. The second-order valence-electron chi connectivity index (χ2n) is 6.05. The molecular formula is C19H21ClN2O. The molecule has 4 heteroatoms. The summed E-state index contributed by atoms with van der Waals surface area (Å²) in [6, 6.07) is 13.9. The fourth-order valence-electron chi connectivity index (χ4n) is 3.00. The molecule has 0 spiro atoms. The van der Waals surface area contributed by atoms with Gasteiger partial charge in [0.2, 0.25) is 0 Å². The number of hydrogen-bond donors (Lipinski definition) is 0. The molecule has 3 nitrogen and oxygen atoms in total. The minimum absolute atomic E-state index is 0.130. The molecule has 1 heterocycles. The van der Waals surface area contributed by atoms with Crippen molar-refractivity contribution in [1.29, 1.82) is 0 Å². The number of nitrogens with zero attached hydrogens (tertiary/aromatic N) is 2. The van der Waals surface area contributed by atoms with Crippen LogP contribution in [0.4, 0.5) is 5.69 Å². The average molecular weight is 329 g/mol. The molecule has 0 bridgehead atoms. The van der Waals surface area contributed by atoms with Crippen LogP contribution in [0.3, 0.4) is 0 Å². The van der Waals surface area contributed by atoms with Gasteiger partial charge in [-0.2, -0.15) is 0 Å². The maximum atomic E-state index is 12.8. The summed E-state index contributed by atoms with van der Waals surface area (Å²) in [6.07, 6.45) is 0. The van der Waals surface area contributed by atoms with Crippen LogP contribution in [0.2, 0.25) is 5.02 Å². The molecule has 1 aliphatic heterocycles. The first-order chi connectivity index (χ1) is 11.1. The third-order valence-corrected chi connectivity index (χ3v) is 4.70. The van der Waals surface area contributed by atoms with Gasteiger partial charge in [0.25, 0.3) is 5.91 Å². The van der Waals surface area contributed by atoms with Gasteiger partial charge in [-0.3, -0.25) is 4.79 Å². The van der Waals surface area contributed by atoms with E-state index in [1.165, 1.54) is 0 Å². The smallest absolute Gasteiger partial charge is 0.254 e. The van der Waals surface area contributed by atoms with Gasteiger partial charge in [-0.25, -0.2) is 0 Å². The third kappa shape index (κ3) is 3.35. The molecule has 0 aliphatic carbocycles. The Kier molecular flexibility index (Phi) is 4.58. The Balaban J connectivity index is 1.70. The van der Waals surface area contributed by atoms with Gasteiger partial charge in [0, 0.05) is 31.7 Å². The molecule has 0 atom stereocenters. The van der Waals surface area contributed by atoms with E-state index < -0.39 is 0 Å². The predicted octanol–water partition coefficient (Wildman–Crippen LogP) is 3.92. The summed E-state index contributed by atoms with van der Waals surface area (Å²) >= 11 is 6.27. The fourth-order valence-corrected chi connectivity index (χ4v) is 3.25. The molecule has 0 unspecified atom stereocenters. The molecule has 0 aromatic heterocycles. The number of amides is 1. The zero-order valence-electron chi connectivity index (χ0n) is 13.6. The maximum absolute atomic E-state index is 12.8. The van der Waals surface area contributed by atoms with E-state index in [0.29, 0.717) is 0 Å². The van der Waals surface area contributed by atoms with Gasteiger partial charge < -0.3 is 9.80 Å². The molecule has 1 saturated heterocycles. The summed E-state index contributed by atoms with van der Waals surface area (Å²) in [5, 5.41) is 0.766. The van der Waals surface area contributed by atoms with Crippen LogP contribution in [0, 0.1) is 13.8 Å². The standard InChI is InChI=1S/C19H21ClN2O/c1-14-7-8-15(2)16(13-14)19(23)22-11-9-21(10-12-22)18-6-4-3-5-17(18)20/h3-8,13H,9-12H2,1-2H3. The Morgan fingerprint density at radius 1 is 1.00 bits per heavy atom. The van der Waals surface area contributed by atoms with Crippen molar-refractivity contribution in [3.05, 3.63) is 64.2 Å². The molecule has 23 heavy (non-hydrogen) atoms. The second kappa shape index (κ2) is 6.63. The van der Waals surface area contributed by atoms with Crippen LogP contribution >= 0.6 is 11.6 Å². The van der Waals surface area contributed by atoms with Crippen LogP contribution in [-0.2, 0) is 0 Å². The Hall–Kier alpha value is -2.00. The number of carbonyl (C=O) groups is 1. The molecule has 1 aliphatic rings. The van der Waals surface area contributed by atoms with Crippen molar-refractivity contribution in [2.45, 2.75) is 13.8 Å². The number of para-hydroxylation sites is 1. The van der Waals surface area contributed by atoms with Crippen molar-refractivity contribution < 1.29 is 4.79 Å². The van der Waals surface area contributed by atoms with Crippen LogP contribution in [0.1, 0.15) is 21.5 Å². The Labute approximate surface area is 142 Å². The van der Waals surface area contributed by atoms with Crippen molar-refractivity contribution in [3.63, 3.8) is 0 Å². The SMILES string of the molecule is Cc1ccc(C)c(C(=O)N2CCN(c3ccccc3Cl)CC2)c1. The van der Waals surface area contributed by atoms with Crippen molar-refractivity contribution >= 4 is 23.2 Å². The summed E-state index contributed by atoms with van der Waals surface area (Å²) in [4.78, 5) is 16.9. The first-order valence-electron chi connectivity index (χ1n) is 7.92. The van der Waals surface area contributed by atoms with Crippen LogP contribution in [0.25, 0.3) is 0 Å². The summed E-state index contributed by atoms with van der Waals surface area (Å²) in [6.45, 7) is 7.06. The summed E-state index contributed by atoms with van der Waals surface area (Å²) in [5.74, 6) is 0.130. The molecule has 120 valence electrons. The van der Waals surface area contributed by atoms with E-state index in [9.17, 15) is 4.79 Å². The summed E-state index contributed by atoms with van der Waals surface area (Å²) in [5.41, 5.74) is 4.02. The van der Waals surface area contributed by atoms with Crippen molar-refractivity contribution in [2.75, 3.05) is 31.1 Å². The number of hydrogen-bond acceptors (Lipinski definition) is 2. The number of carbonyl (C=O) groups excluding carboxylic acids is 1. The highest BCUT2D eigenvalue weighted by atomic mass is 35.5. The number of anilines is 1. The van der Waals surface area contributed by atoms with E-state index >= 15 is 0 Å². The van der Waals surface area contributed by atoms with E-state index in [1.807, 2.05) is 61.2 Å². The molecule has 0 saturated carbocycles. The first kappa shape index (κ1) is 15.9. The summed E-state index contributed by atoms with van der Waals surface area (Å²) < 4.78 is 0. The van der Waals surface area contributed by atoms with Crippen molar-refractivity contribution in [1.82, 2.24) is 4.90 Å². The predicted molar refractivity (Wildman–Crippen MR) is 95.5 cm³/mol. The number of rotatable bonds is 2. The number of benzene rings is 2. The van der Waals surface area contributed by atoms with Crippen molar-refractivity contribution in [2.24, 2.45) is 0 Å². The molecule has 0 N–H and O–H groups in total. The molecule has 3 rings (SSSR count). The van der Waals surface area contributed by atoms with Gasteiger partial charge in [-0.05, 0) is 37.6 Å². The lowest BCUT2D eigenvalue weighted by molar-refractivity contribution is 0.0746. The van der Waals surface area contributed by atoms with E-state index in [0.717, 1.165) is 53.6 Å². The molecular weight excluding hydrogens is 308 g/mol. The lowest BCUT2D eigenvalue weighted by atomic mass is 10.0. The minimum Gasteiger partial charge on any atom is -0.367 e. The van der Waals surface area contributed by atoms with Gasteiger partial charge >= 0.3 is 0 Å². The number of halogens is 1. The first-order valence-corrected chi connectivity index (χ1v) is 8.30. The fraction of sp³-hybridized carbons (Fsp3) is 0.316. The summed E-state index contributed by atoms with van der Waals surface area (Å²) in [7, 11) is 0. The lowest BCUT2D eigenvalue weighted by Gasteiger charge is -2.36. The van der Waals surface area contributed by atoms with E-state index in [4.69, 9.17) is 11.6 Å². The Morgan fingerprint density at radius 3 is 2.39 bits per heavy atom. The molecule has 2 aromatic rings. The molecule has 0 radical (unpaired) electrons. The zero-order valence-corrected chi connectivity index (χ0v) is 14.3. The van der Waals surface area contributed by atoms with Crippen LogP contribution < -0.4 is 4.90 Å². The van der Waals surface area contributed by atoms with Gasteiger partial charge in [0.1, 0.15) is 0 Å². The minimum atomic E-state index is 0.130. The van der Waals surface area contributed by atoms with E-state index in [2.05, 4.69) is 4.90 Å². The normalized spacial score (nSPS) is 14.9. The highest BCUT2D eigenvalue weighted by molar-refractivity contribution is 6.33. The largest absolute Gasteiger partial charge is 0.367 e. The second-order valence-corrected chi connectivity index (χ2v) is 6.46. The van der Waals surface area contributed by atoms with Crippen LogP contribution in [0.15, 0.2) is 42.5 Å². The monoisotopic (exact) mass is 328 g/mol. The molecule has 1 fully saturated rings. The quantitative estimate of drug-likeness (QED) is 0.834. The Morgan fingerprint density at radius 2 is 1.70 bits per heavy atom. The van der Waals surface area contributed by atoms with Gasteiger partial charge in [0.05, 0.1) is 10.7 Å². The van der Waals surface area contributed by atoms with Crippen molar-refractivity contribution in [3.8, 4) is 0 Å². The van der Waals surface area contributed by atoms with Gasteiger partial charge in [-0.1, -0.05) is 41.4 Å². The van der Waals surface area contributed by atoms with Crippen LogP contribution in [-0.4, -0.2) is 37.0 Å². The highest BCUT2D eigenvalue weighted by Gasteiger charge is 2.24. The topological polar surface area (TPSA) is 23.6 Å². The molecule has 1 amide bonds. The van der Waals surface area contributed by atoms with E-state index in [-0.39, 0.29) is 5.91 Å².